The summed E-state index contributed by atoms with van der Waals surface area (Å²) in [6, 6.07) is 8.63. The molecule has 25 heavy (non-hydrogen) atoms. The number of likely N-dealkylation sites (N-methyl/N-ethyl adjacent to an activating group) is 1. The van der Waals surface area contributed by atoms with Gasteiger partial charge in [0.15, 0.2) is 23.0 Å². The summed E-state index contributed by atoms with van der Waals surface area (Å²) < 4.78 is 16.2. The van der Waals surface area contributed by atoms with Crippen LogP contribution in [0.15, 0.2) is 30.3 Å². The summed E-state index contributed by atoms with van der Waals surface area (Å²) in [5.74, 6) is 1.48. The van der Waals surface area contributed by atoms with Crippen molar-refractivity contribution in [2.45, 2.75) is 19.4 Å². The van der Waals surface area contributed by atoms with Crippen LogP contribution in [0.25, 0.3) is 0 Å². The second-order valence-electron chi connectivity index (χ2n) is 5.60. The average Bonchev–Trinajstić information content (AvgIpc) is 2.62. The van der Waals surface area contributed by atoms with Crippen LogP contribution in [-0.2, 0) is 6.42 Å². The summed E-state index contributed by atoms with van der Waals surface area (Å²) in [6.45, 7) is 2.78. The van der Waals surface area contributed by atoms with Gasteiger partial charge in [-0.05, 0) is 48.4 Å². The Labute approximate surface area is 148 Å². The second-order valence-corrected chi connectivity index (χ2v) is 5.60. The summed E-state index contributed by atoms with van der Waals surface area (Å²) in [5.41, 5.74) is 1.87. The van der Waals surface area contributed by atoms with Gasteiger partial charge in [0.25, 0.3) is 0 Å². The van der Waals surface area contributed by atoms with Crippen molar-refractivity contribution in [2.75, 3.05) is 27.9 Å². The molecule has 2 aromatic rings. The molecule has 0 heterocycles. The number of phenolic OH excluding ortho intramolecular Hbond substituents is 2. The Morgan fingerprint density at radius 1 is 0.920 bits per heavy atom. The lowest BCUT2D eigenvalue weighted by molar-refractivity contribution is 0.323. The van der Waals surface area contributed by atoms with Crippen LogP contribution in [0.2, 0.25) is 0 Å². The van der Waals surface area contributed by atoms with E-state index in [9.17, 15) is 10.2 Å². The van der Waals surface area contributed by atoms with Gasteiger partial charge < -0.3 is 29.7 Å². The Morgan fingerprint density at radius 2 is 1.56 bits per heavy atom. The number of hydrogen-bond donors (Lipinski definition) is 3. The van der Waals surface area contributed by atoms with Crippen molar-refractivity contribution < 1.29 is 24.4 Å². The third kappa shape index (κ3) is 4.28. The number of hydrogen-bond acceptors (Lipinski definition) is 6. The van der Waals surface area contributed by atoms with Crippen molar-refractivity contribution in [2.24, 2.45) is 0 Å². The van der Waals surface area contributed by atoms with Crippen molar-refractivity contribution in [1.82, 2.24) is 5.32 Å². The highest BCUT2D eigenvalue weighted by Gasteiger charge is 2.18. The topological polar surface area (TPSA) is 80.2 Å². The Bertz CT molecular complexity index is 692. The van der Waals surface area contributed by atoms with Crippen LogP contribution in [0.1, 0.15) is 24.1 Å². The molecular weight excluding hydrogens is 322 g/mol. The number of rotatable bonds is 8. The molecule has 0 aliphatic heterocycles. The fourth-order valence-corrected chi connectivity index (χ4v) is 2.80. The zero-order valence-corrected chi connectivity index (χ0v) is 15.0. The van der Waals surface area contributed by atoms with E-state index in [0.717, 1.165) is 17.7 Å². The highest BCUT2D eigenvalue weighted by atomic mass is 16.5. The van der Waals surface area contributed by atoms with E-state index in [1.54, 1.807) is 33.5 Å². The highest BCUT2D eigenvalue weighted by Crippen LogP contribution is 2.39. The molecule has 6 nitrogen and oxygen atoms in total. The van der Waals surface area contributed by atoms with Crippen molar-refractivity contribution >= 4 is 0 Å². The fraction of sp³-hybridized carbons (Fsp3) is 0.368. The molecule has 6 heteroatoms. The minimum absolute atomic E-state index is 0.0423. The van der Waals surface area contributed by atoms with E-state index < -0.39 is 0 Å². The van der Waals surface area contributed by atoms with Gasteiger partial charge in [-0.25, -0.2) is 0 Å². The Hall–Kier alpha value is -2.60. The predicted molar refractivity (Wildman–Crippen MR) is 96.0 cm³/mol. The molecular formula is C19H25NO5. The van der Waals surface area contributed by atoms with E-state index in [0.29, 0.717) is 23.7 Å². The highest BCUT2D eigenvalue weighted by molar-refractivity contribution is 5.54. The molecule has 0 saturated carbocycles. The largest absolute Gasteiger partial charge is 0.504 e. The summed E-state index contributed by atoms with van der Waals surface area (Å²) in [6.07, 6.45) is 0.648. The first-order valence-electron chi connectivity index (χ1n) is 8.08. The molecule has 0 amide bonds. The molecule has 0 fully saturated rings. The Balaban J connectivity index is 2.37. The van der Waals surface area contributed by atoms with Crippen LogP contribution in [0, 0.1) is 0 Å². The number of nitrogens with one attached hydrogen (secondary N) is 1. The van der Waals surface area contributed by atoms with Crippen LogP contribution in [-0.4, -0.2) is 38.1 Å². The SMILES string of the molecule is CCNC(Cc1cc(OC)c(OC)c(OC)c1)c1ccc(O)c(O)c1. The van der Waals surface area contributed by atoms with Crippen LogP contribution in [0.4, 0.5) is 0 Å². The monoisotopic (exact) mass is 347 g/mol. The zero-order valence-electron chi connectivity index (χ0n) is 15.0. The number of methoxy groups -OCH3 is 3. The molecule has 0 aromatic heterocycles. The Morgan fingerprint density at radius 3 is 2.04 bits per heavy atom. The first-order valence-corrected chi connectivity index (χ1v) is 8.08. The maximum Gasteiger partial charge on any atom is 0.203 e. The summed E-state index contributed by atoms with van der Waals surface area (Å²) in [7, 11) is 4.74. The number of ether oxygens (including phenoxy) is 3. The maximum atomic E-state index is 9.78. The molecule has 0 spiro atoms. The lowest BCUT2D eigenvalue weighted by Gasteiger charge is -2.20. The average molecular weight is 347 g/mol. The predicted octanol–water partition coefficient (Wildman–Crippen LogP) is 3.02. The van der Waals surface area contributed by atoms with Crippen molar-refractivity contribution in [3.63, 3.8) is 0 Å². The van der Waals surface area contributed by atoms with Crippen LogP contribution < -0.4 is 19.5 Å². The molecule has 0 aliphatic carbocycles. The number of benzene rings is 2. The quantitative estimate of drug-likeness (QED) is 0.637. The molecule has 0 aliphatic rings. The second kappa shape index (κ2) is 8.48. The molecule has 1 atom stereocenters. The van der Waals surface area contributed by atoms with Crippen molar-refractivity contribution in [3.05, 3.63) is 41.5 Å². The summed E-state index contributed by atoms with van der Waals surface area (Å²) in [5, 5.41) is 22.7. The van der Waals surface area contributed by atoms with Gasteiger partial charge in [-0.15, -0.1) is 0 Å². The van der Waals surface area contributed by atoms with Gasteiger partial charge in [-0.1, -0.05) is 13.0 Å². The van der Waals surface area contributed by atoms with E-state index in [4.69, 9.17) is 14.2 Å². The van der Waals surface area contributed by atoms with Gasteiger partial charge in [0.2, 0.25) is 5.75 Å². The summed E-state index contributed by atoms with van der Waals surface area (Å²) in [4.78, 5) is 0. The normalized spacial score (nSPS) is 11.8. The first-order chi connectivity index (χ1) is 12.0. The van der Waals surface area contributed by atoms with Crippen LogP contribution >= 0.6 is 0 Å². The van der Waals surface area contributed by atoms with Gasteiger partial charge in [0, 0.05) is 6.04 Å². The third-order valence-electron chi connectivity index (χ3n) is 4.02. The molecule has 3 N–H and O–H groups in total. The van der Waals surface area contributed by atoms with Crippen molar-refractivity contribution in [1.29, 1.82) is 0 Å². The minimum atomic E-state index is -0.134. The standard InChI is InChI=1S/C19H25NO5/c1-5-20-14(13-6-7-15(21)16(22)11-13)8-12-9-17(23-2)19(25-4)18(10-12)24-3/h6-7,9-11,14,20-22H,5,8H2,1-4H3. The maximum absolute atomic E-state index is 9.78. The van der Waals surface area contributed by atoms with Crippen LogP contribution in [0.5, 0.6) is 28.7 Å². The molecule has 0 radical (unpaired) electrons. The van der Waals surface area contributed by atoms with Gasteiger partial charge in [0.05, 0.1) is 21.3 Å². The fourth-order valence-electron chi connectivity index (χ4n) is 2.80. The molecule has 1 unspecified atom stereocenters. The van der Waals surface area contributed by atoms with Gasteiger partial charge in [0.1, 0.15) is 0 Å². The van der Waals surface area contributed by atoms with E-state index >= 15 is 0 Å². The van der Waals surface area contributed by atoms with Gasteiger partial charge in [-0.3, -0.25) is 0 Å². The lowest BCUT2D eigenvalue weighted by Crippen LogP contribution is -2.23. The Kier molecular flexibility index (Phi) is 6.36. The minimum Gasteiger partial charge on any atom is -0.504 e. The molecule has 2 rings (SSSR count). The van der Waals surface area contributed by atoms with Gasteiger partial charge in [-0.2, -0.15) is 0 Å². The molecule has 2 aromatic carbocycles. The molecule has 136 valence electrons. The van der Waals surface area contributed by atoms with E-state index in [1.165, 1.54) is 6.07 Å². The van der Waals surface area contributed by atoms with Crippen LogP contribution in [0.3, 0.4) is 0 Å². The third-order valence-corrected chi connectivity index (χ3v) is 4.02. The molecule has 0 bridgehead atoms. The van der Waals surface area contributed by atoms with E-state index in [2.05, 4.69) is 5.32 Å². The number of phenols is 2. The lowest BCUT2D eigenvalue weighted by atomic mass is 9.97. The zero-order chi connectivity index (χ0) is 18.4. The van der Waals surface area contributed by atoms with E-state index in [-0.39, 0.29) is 17.5 Å². The number of aromatic hydroxyl groups is 2. The van der Waals surface area contributed by atoms with E-state index in [1.807, 2.05) is 19.1 Å². The van der Waals surface area contributed by atoms with Gasteiger partial charge >= 0.3 is 0 Å². The first kappa shape index (κ1) is 18.7. The smallest absolute Gasteiger partial charge is 0.203 e. The van der Waals surface area contributed by atoms with Crippen molar-refractivity contribution in [3.8, 4) is 28.7 Å². The molecule has 0 saturated heterocycles. The summed E-state index contributed by atoms with van der Waals surface area (Å²) >= 11 is 0.